The van der Waals surface area contributed by atoms with Crippen molar-refractivity contribution in [3.05, 3.63) is 5.82 Å². The fourth-order valence-corrected chi connectivity index (χ4v) is 0.890. The molecule has 0 fully saturated rings. The molecule has 0 aliphatic rings. The molecule has 1 heterocycles. The van der Waals surface area contributed by atoms with Crippen molar-refractivity contribution in [3.63, 3.8) is 0 Å². The van der Waals surface area contributed by atoms with E-state index in [-0.39, 0.29) is 4.75 Å². The molecule has 0 unspecified atom stereocenters. The zero-order chi connectivity index (χ0) is 7.61. The first-order valence-electron chi connectivity index (χ1n) is 2.73. The summed E-state index contributed by atoms with van der Waals surface area (Å²) in [5.74, 6) is 0.743. The van der Waals surface area contributed by atoms with E-state index in [0.717, 1.165) is 5.82 Å². The van der Waals surface area contributed by atoms with Crippen LogP contribution in [0.1, 0.15) is 19.7 Å². The van der Waals surface area contributed by atoms with Gasteiger partial charge in [0.2, 0.25) is 0 Å². The lowest BCUT2D eigenvalue weighted by Gasteiger charge is -2.15. The normalized spacial score (nSPS) is 11.9. The molecule has 0 aromatic carbocycles. The van der Waals surface area contributed by atoms with Crippen molar-refractivity contribution >= 4 is 22.5 Å². The molecule has 0 aliphatic carbocycles. The highest BCUT2D eigenvalue weighted by molar-refractivity contribution is 8.68. The minimum Gasteiger partial charge on any atom is -0.242 e. The number of H-pyrrole nitrogens is 1. The third kappa shape index (κ3) is 1.43. The first-order chi connectivity index (χ1) is 4.67. The summed E-state index contributed by atoms with van der Waals surface area (Å²) in [5.41, 5.74) is 0. The molecule has 0 aliphatic heterocycles. The lowest BCUT2D eigenvalue weighted by atomic mass is 10.2. The molecule has 0 radical (unpaired) electrons. The van der Waals surface area contributed by atoms with Crippen LogP contribution in [0.4, 0.5) is 0 Å². The van der Waals surface area contributed by atoms with Crippen molar-refractivity contribution in [2.75, 3.05) is 0 Å². The predicted octanol–water partition coefficient (Wildman–Crippen LogP) is 1.01. The molecule has 1 rings (SSSR count). The number of hydrogen-bond donors (Lipinski definition) is 2. The zero-order valence-corrected chi connectivity index (χ0v) is 7.41. The number of nitrogens with one attached hydrogen (secondary N) is 1. The quantitative estimate of drug-likeness (QED) is 0.521. The van der Waals surface area contributed by atoms with Crippen molar-refractivity contribution < 1.29 is 0 Å². The highest BCUT2D eigenvalue weighted by Crippen LogP contribution is 2.34. The summed E-state index contributed by atoms with van der Waals surface area (Å²) in [5, 5.41) is 13.4. The molecule has 4 nitrogen and oxygen atoms in total. The molecule has 0 amide bonds. The Morgan fingerprint density at radius 1 is 1.60 bits per heavy atom. The largest absolute Gasteiger partial charge is 0.242 e. The van der Waals surface area contributed by atoms with Crippen LogP contribution in [-0.2, 0) is 4.75 Å². The number of tetrazole rings is 1. The van der Waals surface area contributed by atoms with Gasteiger partial charge >= 0.3 is 0 Å². The smallest absolute Gasteiger partial charge is 0.165 e. The van der Waals surface area contributed by atoms with Gasteiger partial charge in [-0.25, -0.2) is 5.10 Å². The maximum Gasteiger partial charge on any atom is 0.165 e. The van der Waals surface area contributed by atoms with Crippen LogP contribution in [0.3, 0.4) is 0 Å². The molecule has 1 N–H and O–H groups in total. The van der Waals surface area contributed by atoms with Gasteiger partial charge in [0.1, 0.15) is 0 Å². The van der Waals surface area contributed by atoms with Gasteiger partial charge in [0.25, 0.3) is 0 Å². The molecular weight excluding hydrogens is 168 g/mol. The molecule has 0 saturated heterocycles. The zero-order valence-electron chi connectivity index (χ0n) is 5.70. The number of aromatic nitrogens is 4. The Morgan fingerprint density at radius 3 is 2.70 bits per heavy atom. The monoisotopic (exact) mass is 176 g/mol. The summed E-state index contributed by atoms with van der Waals surface area (Å²) in [4.78, 5) is 0. The van der Waals surface area contributed by atoms with Gasteiger partial charge in [0.15, 0.2) is 5.82 Å². The molecule has 1 aromatic rings. The van der Waals surface area contributed by atoms with E-state index < -0.39 is 0 Å². The number of thiol groups is 1. The Bertz CT molecular complexity index is 195. The highest BCUT2D eigenvalue weighted by Gasteiger charge is 2.23. The van der Waals surface area contributed by atoms with Crippen molar-refractivity contribution in [1.82, 2.24) is 20.6 Å². The van der Waals surface area contributed by atoms with Crippen LogP contribution in [-0.4, -0.2) is 20.6 Å². The maximum absolute atomic E-state index is 4.09. The maximum atomic E-state index is 4.09. The molecule has 10 heavy (non-hydrogen) atoms. The molecule has 1 aromatic heterocycles. The van der Waals surface area contributed by atoms with E-state index >= 15 is 0 Å². The van der Waals surface area contributed by atoms with Crippen LogP contribution >= 0.6 is 22.5 Å². The summed E-state index contributed by atoms with van der Waals surface area (Å²) in [6, 6.07) is 0. The van der Waals surface area contributed by atoms with Gasteiger partial charge in [-0.2, -0.15) is 0 Å². The van der Waals surface area contributed by atoms with Crippen molar-refractivity contribution in [1.29, 1.82) is 0 Å². The summed E-state index contributed by atoms with van der Waals surface area (Å²) in [6.07, 6.45) is 0. The second kappa shape index (κ2) is 2.79. The van der Waals surface area contributed by atoms with Crippen LogP contribution in [0, 0.1) is 0 Å². The average Bonchev–Trinajstić information content (AvgIpc) is 2.38. The van der Waals surface area contributed by atoms with Gasteiger partial charge in [0, 0.05) is 0 Å². The van der Waals surface area contributed by atoms with Crippen molar-refractivity contribution in [2.24, 2.45) is 0 Å². The van der Waals surface area contributed by atoms with Crippen LogP contribution in [0.5, 0.6) is 0 Å². The van der Waals surface area contributed by atoms with Crippen molar-refractivity contribution in [3.8, 4) is 0 Å². The van der Waals surface area contributed by atoms with Gasteiger partial charge in [-0.15, -0.1) is 16.8 Å². The summed E-state index contributed by atoms with van der Waals surface area (Å²) in [7, 11) is 1.41. The molecule has 56 valence electrons. The Hall–Kier alpha value is -0.230. The van der Waals surface area contributed by atoms with E-state index in [1.54, 1.807) is 0 Å². The van der Waals surface area contributed by atoms with Crippen LogP contribution in [0.2, 0.25) is 0 Å². The minimum atomic E-state index is -0.146. The number of rotatable bonds is 2. The SMILES string of the molecule is CC(C)(SS)c1nnn[nH]1. The Labute approximate surface area is 68.0 Å². The molecule has 6 heteroatoms. The minimum absolute atomic E-state index is 0.146. The molecule has 0 atom stereocenters. The number of hydrogen-bond acceptors (Lipinski definition) is 5. The fraction of sp³-hybridized carbons (Fsp3) is 0.750. The summed E-state index contributed by atoms with van der Waals surface area (Å²) >= 11 is 4.09. The van der Waals surface area contributed by atoms with Gasteiger partial charge in [-0.1, -0.05) is 10.8 Å². The summed E-state index contributed by atoms with van der Waals surface area (Å²) < 4.78 is -0.146. The van der Waals surface area contributed by atoms with Gasteiger partial charge in [-0.05, 0) is 24.3 Å². The van der Waals surface area contributed by atoms with E-state index in [1.165, 1.54) is 10.8 Å². The fourth-order valence-electron chi connectivity index (χ4n) is 0.457. The second-order valence-electron chi connectivity index (χ2n) is 2.35. The molecule has 0 bridgehead atoms. The number of aromatic amines is 1. The lowest BCUT2D eigenvalue weighted by molar-refractivity contribution is 0.716. The number of nitrogens with zero attached hydrogens (tertiary/aromatic N) is 3. The van der Waals surface area contributed by atoms with Gasteiger partial charge in [0.05, 0.1) is 4.75 Å². The first-order valence-corrected chi connectivity index (χ1v) is 4.60. The lowest BCUT2D eigenvalue weighted by Crippen LogP contribution is -2.12. The molecule has 0 spiro atoms. The van der Waals surface area contributed by atoms with E-state index in [4.69, 9.17) is 0 Å². The van der Waals surface area contributed by atoms with E-state index in [2.05, 4.69) is 32.3 Å². The van der Waals surface area contributed by atoms with Gasteiger partial charge in [-0.3, -0.25) is 0 Å². The van der Waals surface area contributed by atoms with Gasteiger partial charge < -0.3 is 0 Å². The van der Waals surface area contributed by atoms with E-state index in [0.29, 0.717) is 0 Å². The topological polar surface area (TPSA) is 54.5 Å². The summed E-state index contributed by atoms with van der Waals surface area (Å²) in [6.45, 7) is 3.99. The Kier molecular flexibility index (Phi) is 2.20. The third-order valence-electron chi connectivity index (χ3n) is 1.14. The van der Waals surface area contributed by atoms with Crippen molar-refractivity contribution in [2.45, 2.75) is 18.6 Å². The Morgan fingerprint density at radius 2 is 2.30 bits per heavy atom. The Balaban J connectivity index is 2.85. The van der Waals surface area contributed by atoms with E-state index in [9.17, 15) is 0 Å². The second-order valence-corrected chi connectivity index (χ2v) is 4.10. The highest BCUT2D eigenvalue weighted by atomic mass is 33.1. The van der Waals surface area contributed by atoms with E-state index in [1.807, 2.05) is 13.8 Å². The standard InChI is InChI=1S/C4H8N4S2/c1-4(2,10-9)3-5-7-8-6-3/h9H,1-2H3,(H,5,6,7,8). The first kappa shape index (κ1) is 7.87. The average molecular weight is 176 g/mol. The third-order valence-corrected chi connectivity index (χ3v) is 3.16. The predicted molar refractivity (Wildman–Crippen MR) is 43.8 cm³/mol. The van der Waals surface area contributed by atoms with Crippen LogP contribution < -0.4 is 0 Å². The molecular formula is C4H8N4S2. The van der Waals surface area contributed by atoms with Crippen LogP contribution in [0.15, 0.2) is 0 Å². The van der Waals surface area contributed by atoms with Crippen LogP contribution in [0.25, 0.3) is 0 Å². The molecule has 0 saturated carbocycles.